The van der Waals surface area contributed by atoms with Crippen molar-refractivity contribution in [2.24, 2.45) is 0 Å². The highest BCUT2D eigenvalue weighted by atomic mass is 16.6. The summed E-state index contributed by atoms with van der Waals surface area (Å²) < 4.78 is 37.5. The zero-order valence-electron chi connectivity index (χ0n) is 22.0. The van der Waals surface area contributed by atoms with Gasteiger partial charge in [0.15, 0.2) is 5.82 Å². The lowest BCUT2D eigenvalue weighted by Crippen LogP contribution is -2.32. The highest BCUT2D eigenvalue weighted by Crippen LogP contribution is 2.30. The normalized spacial score (nSPS) is 15.5. The lowest BCUT2D eigenvalue weighted by atomic mass is 10.2. The van der Waals surface area contributed by atoms with Crippen molar-refractivity contribution < 1.29 is 43.1 Å². The van der Waals surface area contributed by atoms with Crippen LogP contribution < -0.4 is 0 Å². The summed E-state index contributed by atoms with van der Waals surface area (Å²) in [5, 5.41) is 9.29. The third-order valence-electron chi connectivity index (χ3n) is 5.52. The van der Waals surface area contributed by atoms with Crippen molar-refractivity contribution in [1.29, 1.82) is 0 Å². The van der Waals surface area contributed by atoms with E-state index in [1.54, 1.807) is 19.4 Å². The van der Waals surface area contributed by atoms with Crippen LogP contribution in [0.15, 0.2) is 12.3 Å². The fraction of sp³-hybridized carbons (Fsp3) is 0.800. The van der Waals surface area contributed by atoms with E-state index in [0.29, 0.717) is 110 Å². The summed E-state index contributed by atoms with van der Waals surface area (Å²) in [7, 11) is 1.64. The van der Waals surface area contributed by atoms with Gasteiger partial charge in [-0.25, -0.2) is 9.97 Å². The predicted molar refractivity (Wildman–Crippen MR) is 133 cm³/mol. The van der Waals surface area contributed by atoms with E-state index in [9.17, 15) is 9.90 Å². The van der Waals surface area contributed by atoms with Gasteiger partial charge in [-0.3, -0.25) is 4.79 Å². The van der Waals surface area contributed by atoms with Gasteiger partial charge in [-0.1, -0.05) is 0 Å². The van der Waals surface area contributed by atoms with E-state index < -0.39 is 0 Å². The quantitative estimate of drug-likeness (QED) is 0.202. The van der Waals surface area contributed by atoms with Gasteiger partial charge in [-0.15, -0.1) is 0 Å². The maximum absolute atomic E-state index is 12.6. The second-order valence-electron chi connectivity index (χ2n) is 8.23. The molecule has 0 unspecified atom stereocenters. The lowest BCUT2D eigenvalue weighted by Gasteiger charge is -2.23. The van der Waals surface area contributed by atoms with Gasteiger partial charge in [0, 0.05) is 19.9 Å². The molecule has 0 bridgehead atoms. The van der Waals surface area contributed by atoms with Crippen LogP contribution in [0.3, 0.4) is 0 Å². The number of amides is 1. The van der Waals surface area contributed by atoms with Crippen molar-refractivity contribution >= 4 is 5.91 Å². The molecule has 0 saturated carbocycles. The first-order chi connectivity index (χ1) is 18.3. The second-order valence-corrected chi connectivity index (χ2v) is 8.23. The minimum absolute atomic E-state index is 0.0237. The van der Waals surface area contributed by atoms with Crippen molar-refractivity contribution in [2.45, 2.75) is 31.9 Å². The Kier molecular flexibility index (Phi) is 18.0. The third-order valence-corrected chi connectivity index (χ3v) is 5.52. The fourth-order valence-corrected chi connectivity index (χ4v) is 3.64. The van der Waals surface area contributed by atoms with Gasteiger partial charge in [0.05, 0.1) is 111 Å². The van der Waals surface area contributed by atoms with Crippen molar-refractivity contribution in [3.8, 4) is 0 Å². The van der Waals surface area contributed by atoms with E-state index in [1.807, 2.05) is 4.90 Å². The van der Waals surface area contributed by atoms with E-state index in [-0.39, 0.29) is 18.6 Å². The Balaban J connectivity index is 1.36. The van der Waals surface area contributed by atoms with Crippen molar-refractivity contribution in [1.82, 2.24) is 14.9 Å². The van der Waals surface area contributed by atoms with Crippen molar-refractivity contribution in [3.63, 3.8) is 0 Å². The monoisotopic (exact) mass is 529 g/mol. The van der Waals surface area contributed by atoms with E-state index in [4.69, 9.17) is 33.2 Å². The molecule has 0 radical (unpaired) electrons. The molecule has 1 aromatic rings. The molecule has 2 rings (SSSR count). The smallest absolute Gasteiger partial charge is 0.225 e. The van der Waals surface area contributed by atoms with Gasteiger partial charge < -0.3 is 43.2 Å². The van der Waals surface area contributed by atoms with Crippen LogP contribution in [-0.2, 0) is 44.6 Å². The number of aliphatic hydroxyl groups is 1. The summed E-state index contributed by atoms with van der Waals surface area (Å²) in [6.45, 7) is 6.96. The summed E-state index contributed by atoms with van der Waals surface area (Å²) in [6.07, 6.45) is 3.65. The maximum atomic E-state index is 12.6. The number of aromatic nitrogens is 2. The van der Waals surface area contributed by atoms with Crippen LogP contribution in [0.5, 0.6) is 0 Å². The first-order valence-electron chi connectivity index (χ1n) is 12.9. The van der Waals surface area contributed by atoms with E-state index >= 15 is 0 Å². The van der Waals surface area contributed by atoms with Crippen LogP contribution in [0, 0.1) is 0 Å². The Labute approximate surface area is 219 Å². The molecule has 1 N–H and O–H groups in total. The number of aliphatic hydroxyl groups excluding tert-OH is 1. The predicted octanol–water partition coefficient (Wildman–Crippen LogP) is 0.769. The molecule has 12 nitrogen and oxygen atoms in total. The standard InChI is InChI=1S/C25H43N3O9/c1-31-9-10-33-13-14-35-17-18-37-20-19-36-16-15-34-12-11-32-8-5-24(30)28-7-2-3-23(28)25-26-6-4-22(21-29)27-25/h4,6,23,29H,2-3,5,7-21H2,1H3/t23-/m1/s1. The molecular formula is C25H43N3O9. The molecule has 0 aliphatic carbocycles. The van der Waals surface area contributed by atoms with Crippen LogP contribution in [0.1, 0.15) is 36.8 Å². The van der Waals surface area contributed by atoms with Crippen molar-refractivity contribution in [2.75, 3.05) is 99.5 Å². The Morgan fingerprint density at radius 2 is 1.38 bits per heavy atom. The number of nitrogens with zero attached hydrogens (tertiary/aromatic N) is 3. The van der Waals surface area contributed by atoms with Crippen LogP contribution in [0.4, 0.5) is 0 Å². The first-order valence-corrected chi connectivity index (χ1v) is 12.9. The fourth-order valence-electron chi connectivity index (χ4n) is 3.64. The van der Waals surface area contributed by atoms with E-state index in [2.05, 4.69) is 9.97 Å². The molecule has 1 atom stereocenters. The molecule has 2 heterocycles. The minimum Gasteiger partial charge on any atom is -0.390 e. The van der Waals surface area contributed by atoms with Gasteiger partial charge in [0.25, 0.3) is 0 Å². The molecule has 1 fully saturated rings. The van der Waals surface area contributed by atoms with Crippen LogP contribution in [0.2, 0.25) is 0 Å². The van der Waals surface area contributed by atoms with Gasteiger partial charge in [0.2, 0.25) is 5.91 Å². The van der Waals surface area contributed by atoms with Crippen LogP contribution in [0.25, 0.3) is 0 Å². The Morgan fingerprint density at radius 3 is 1.89 bits per heavy atom. The average Bonchev–Trinajstić information content (AvgIpc) is 3.42. The molecule has 12 heteroatoms. The topological polar surface area (TPSA) is 131 Å². The summed E-state index contributed by atoms with van der Waals surface area (Å²) in [5.74, 6) is 0.612. The highest BCUT2D eigenvalue weighted by Gasteiger charge is 2.31. The Hall–Kier alpha value is -1.77. The van der Waals surface area contributed by atoms with Crippen LogP contribution in [-0.4, -0.2) is 125 Å². The molecule has 0 aromatic carbocycles. The summed E-state index contributed by atoms with van der Waals surface area (Å²) in [4.78, 5) is 23.1. The van der Waals surface area contributed by atoms with E-state index in [0.717, 1.165) is 12.8 Å². The summed E-state index contributed by atoms with van der Waals surface area (Å²) in [6, 6.07) is 1.53. The maximum Gasteiger partial charge on any atom is 0.225 e. The van der Waals surface area contributed by atoms with Gasteiger partial charge in [-0.2, -0.15) is 0 Å². The minimum atomic E-state index is -0.143. The number of carbonyl (C=O) groups is 1. The largest absolute Gasteiger partial charge is 0.390 e. The highest BCUT2D eigenvalue weighted by molar-refractivity contribution is 5.77. The SMILES string of the molecule is COCCOCCOCCOCCOCCOCCOCCC(=O)N1CCC[C@@H]1c1nccc(CO)n1. The number of likely N-dealkylation sites (tertiary alicyclic amines) is 1. The molecule has 1 aromatic heterocycles. The zero-order chi connectivity index (χ0) is 26.4. The number of hydrogen-bond acceptors (Lipinski definition) is 11. The molecule has 1 aliphatic rings. The summed E-state index contributed by atoms with van der Waals surface area (Å²) in [5.41, 5.74) is 0.559. The molecule has 212 valence electrons. The lowest BCUT2D eigenvalue weighted by molar-refractivity contribution is -0.133. The molecular weight excluding hydrogens is 486 g/mol. The number of carbonyl (C=O) groups excluding carboxylic acids is 1. The molecule has 1 amide bonds. The Bertz CT molecular complexity index is 714. The van der Waals surface area contributed by atoms with E-state index in [1.165, 1.54) is 0 Å². The first kappa shape index (κ1) is 31.4. The van der Waals surface area contributed by atoms with Crippen molar-refractivity contribution in [3.05, 3.63) is 23.8 Å². The Morgan fingerprint density at radius 1 is 0.865 bits per heavy atom. The zero-order valence-corrected chi connectivity index (χ0v) is 22.0. The number of ether oxygens (including phenoxy) is 7. The van der Waals surface area contributed by atoms with Gasteiger partial charge >= 0.3 is 0 Å². The van der Waals surface area contributed by atoms with Gasteiger partial charge in [-0.05, 0) is 18.9 Å². The average molecular weight is 530 g/mol. The second kappa shape index (κ2) is 21.2. The number of hydrogen-bond donors (Lipinski definition) is 1. The third kappa shape index (κ3) is 14.1. The van der Waals surface area contributed by atoms with Gasteiger partial charge in [0.1, 0.15) is 0 Å². The summed E-state index contributed by atoms with van der Waals surface area (Å²) >= 11 is 0. The van der Waals surface area contributed by atoms with Crippen LogP contribution >= 0.6 is 0 Å². The molecule has 1 saturated heterocycles. The molecule has 37 heavy (non-hydrogen) atoms. The number of rotatable bonds is 23. The molecule has 0 spiro atoms. The number of methoxy groups -OCH3 is 1. The molecule has 1 aliphatic heterocycles.